The van der Waals surface area contributed by atoms with Crippen molar-refractivity contribution in [1.29, 1.82) is 5.41 Å². The van der Waals surface area contributed by atoms with Crippen molar-refractivity contribution in [3.8, 4) is 5.75 Å². The van der Waals surface area contributed by atoms with Crippen molar-refractivity contribution >= 4 is 134 Å². The van der Waals surface area contributed by atoms with Gasteiger partial charge in [-0.15, -0.1) is 11.8 Å². The van der Waals surface area contributed by atoms with Crippen molar-refractivity contribution in [2.24, 2.45) is 23.1 Å². The number of amides is 16. The smallest absolute Gasteiger partial charge is 0.246 e. The normalized spacial score (nSPS) is 24.2. The summed E-state index contributed by atoms with van der Waals surface area (Å²) < 4.78 is 0. The van der Waals surface area contributed by atoms with Gasteiger partial charge in [-0.2, -0.15) is 0 Å². The number of hydrogen-bond acceptors (Lipinski definition) is 24. The molecule has 3 aliphatic heterocycles. The maximum Gasteiger partial charge on any atom is 0.246 e. The number of phenols is 1. The summed E-state index contributed by atoms with van der Waals surface area (Å²) in [7, 11) is 4.10. The summed E-state index contributed by atoms with van der Waals surface area (Å²) in [6.07, 6.45) is 4.75. The van der Waals surface area contributed by atoms with Crippen LogP contribution in [0.15, 0.2) is 122 Å². The summed E-state index contributed by atoms with van der Waals surface area (Å²) in [4.78, 5) is 257. The van der Waals surface area contributed by atoms with Gasteiger partial charge in [-0.25, -0.2) is 4.98 Å². The number of aromatic nitrogens is 4. The zero-order chi connectivity index (χ0) is 102. The van der Waals surface area contributed by atoms with Crippen molar-refractivity contribution in [3.05, 3.63) is 145 Å². The quantitative estimate of drug-likeness (QED) is 0.0146. The van der Waals surface area contributed by atoms with Crippen LogP contribution < -0.4 is 81.0 Å². The van der Waals surface area contributed by atoms with Crippen molar-refractivity contribution in [3.63, 3.8) is 0 Å². The van der Waals surface area contributed by atoms with E-state index in [-0.39, 0.29) is 113 Å². The van der Waals surface area contributed by atoms with Gasteiger partial charge in [0.05, 0.1) is 43.9 Å². The number of aliphatic hydroxyl groups excluding tert-OH is 2. The fraction of sp³-hybridized carbons (Fsp3) is 0.516. The molecule has 0 unspecified atom stereocenters. The van der Waals surface area contributed by atoms with Gasteiger partial charge in [-0.3, -0.25) is 82.1 Å². The SMILES string of the molecule is C=C(N)C[C@@H]1NC(=C)[C@H](C)N(C)C(=O)[C@H](Cc2ccc(O)cc2)NC(=O)CSC[C@@H](C(=O)NCC(=O)NCC(N)=O)NC(=O)[C@H](CCCNC(=N)N)NC(=O)[C@H](CCCC)N(C)C(=O)[C@H](CCCC)N(C)C(=O)[C@H](Cc2c[nH]c3ccccc23)NC(=O)[C@H](CO)NC(=O)[C@H](Cc2c[nH]c3ccccc23)NC(=O)[C@@H]2C[C@@H](O)CN2C(=O)[C@H](CC(C)C)NC(=O)[C@H](Cc2cnc[nH]2)NC(=O)[C@@H]2CCCN2C1=O. The van der Waals surface area contributed by atoms with Gasteiger partial charge in [0.1, 0.15) is 84.3 Å². The van der Waals surface area contributed by atoms with Gasteiger partial charge < -0.3 is 136 Å². The Balaban J connectivity index is 1.11. The molecule has 0 saturated carbocycles. The first-order chi connectivity index (χ1) is 66.7. The van der Waals surface area contributed by atoms with E-state index in [4.69, 9.17) is 22.6 Å². The fourth-order valence-corrected chi connectivity index (χ4v) is 18.1. The number of rotatable bonds is 28. The molecule has 0 spiro atoms. The highest BCUT2D eigenvalue weighted by Crippen LogP contribution is 2.29. The van der Waals surface area contributed by atoms with Gasteiger partial charge in [0, 0.05) is 143 Å². The van der Waals surface area contributed by atoms with E-state index in [0.717, 1.165) is 26.5 Å². The number of nitrogens with zero attached hydrogens (tertiary/aromatic N) is 6. The van der Waals surface area contributed by atoms with Crippen molar-refractivity contribution in [2.45, 2.75) is 234 Å². The minimum absolute atomic E-state index is 0.0158. The number of aromatic amines is 3. The maximum absolute atomic E-state index is 15.8. The number of aromatic hydroxyl groups is 1. The number of nitrogens with one attached hydrogen (secondary N) is 16. The van der Waals surface area contributed by atoms with Gasteiger partial charge >= 0.3 is 0 Å². The van der Waals surface area contributed by atoms with Crippen LogP contribution in [0.5, 0.6) is 5.75 Å². The summed E-state index contributed by atoms with van der Waals surface area (Å²) in [6, 6.07) is -0.660. The first-order valence-electron chi connectivity index (χ1n) is 47.0. The number of unbranched alkanes of at least 4 members (excludes halogenated alkanes) is 2. The molecule has 0 radical (unpaired) electrons. The van der Waals surface area contributed by atoms with E-state index < -0.39 is 229 Å². The summed E-state index contributed by atoms with van der Waals surface area (Å²) in [5.74, 6) is -15.9. The minimum Gasteiger partial charge on any atom is -0.508 e. The number of carbonyl (C=O) groups is 16. The number of primary amides is 1. The average Bonchev–Trinajstić information content (AvgIpc) is 1.74. The molecule has 3 fully saturated rings. The molecule has 45 heteroatoms. The van der Waals surface area contributed by atoms with E-state index >= 15 is 57.5 Å². The number of hydrogen-bond donors (Lipinski definition) is 22. The monoisotopic (exact) mass is 1960 g/mol. The first-order valence-corrected chi connectivity index (χ1v) is 48.2. The number of fused-ring (bicyclic) bond motifs is 4. The summed E-state index contributed by atoms with van der Waals surface area (Å²) in [5, 5.41) is 74.6. The molecule has 760 valence electrons. The van der Waals surface area contributed by atoms with Crippen LogP contribution in [-0.4, -0.2) is 323 Å². The molecule has 15 atom stereocenters. The van der Waals surface area contributed by atoms with Gasteiger partial charge in [-0.05, 0) is 98.7 Å². The van der Waals surface area contributed by atoms with Crippen molar-refractivity contribution < 1.29 is 92.0 Å². The average molecular weight is 1960 g/mol. The maximum atomic E-state index is 15.8. The molecule has 3 aliphatic rings. The lowest BCUT2D eigenvalue weighted by molar-refractivity contribution is -0.149. The second-order valence-electron chi connectivity index (χ2n) is 36.1. The second kappa shape index (κ2) is 52.6. The number of likely N-dealkylation sites (N-methyl/N-ethyl adjacent to an activating group) is 3. The Morgan fingerprint density at radius 1 is 0.579 bits per heavy atom. The number of aliphatic hydroxyl groups is 2. The summed E-state index contributed by atoms with van der Waals surface area (Å²) in [6.45, 7) is 14.0. The number of guanidine groups is 1. The highest BCUT2D eigenvalue weighted by molar-refractivity contribution is 8.00. The van der Waals surface area contributed by atoms with Crippen LogP contribution in [0.1, 0.15) is 140 Å². The van der Waals surface area contributed by atoms with E-state index in [1.54, 1.807) is 81.7 Å². The lowest BCUT2D eigenvalue weighted by Gasteiger charge is -2.36. The third-order valence-electron chi connectivity index (χ3n) is 25.0. The molecule has 25 N–H and O–H groups in total. The Morgan fingerprint density at radius 3 is 1.73 bits per heavy atom. The zero-order valence-electron chi connectivity index (χ0n) is 80.3. The van der Waals surface area contributed by atoms with Crippen LogP contribution in [0.25, 0.3) is 21.8 Å². The summed E-state index contributed by atoms with van der Waals surface area (Å²) in [5.41, 5.74) is 20.4. The van der Waals surface area contributed by atoms with Gasteiger partial charge in [0.2, 0.25) is 94.5 Å². The lowest BCUT2D eigenvalue weighted by atomic mass is 10.00. The highest BCUT2D eigenvalue weighted by atomic mass is 32.2. The number of H-pyrrole nitrogens is 3. The van der Waals surface area contributed by atoms with E-state index in [0.29, 0.717) is 76.3 Å². The second-order valence-corrected chi connectivity index (χ2v) is 37.1. The van der Waals surface area contributed by atoms with Crippen LogP contribution in [-0.2, 0) is 102 Å². The molecule has 3 aromatic carbocycles. The van der Waals surface area contributed by atoms with Crippen LogP contribution in [0.4, 0.5) is 0 Å². The molecule has 140 heavy (non-hydrogen) atoms. The van der Waals surface area contributed by atoms with Gasteiger partial charge in [-0.1, -0.05) is 115 Å². The van der Waals surface area contributed by atoms with Gasteiger partial charge in [0.25, 0.3) is 0 Å². The predicted octanol–water partition coefficient (Wildman–Crippen LogP) is -1.84. The van der Waals surface area contributed by atoms with Crippen molar-refractivity contribution in [1.82, 2.24) is 108 Å². The molecular weight excluding hydrogens is 1830 g/mol. The van der Waals surface area contributed by atoms with Crippen LogP contribution in [0, 0.1) is 11.3 Å². The topological polar surface area (TPSA) is 657 Å². The largest absolute Gasteiger partial charge is 0.508 e. The van der Waals surface area contributed by atoms with Crippen molar-refractivity contribution in [2.75, 3.05) is 72.0 Å². The van der Waals surface area contributed by atoms with Gasteiger partial charge in [0.15, 0.2) is 5.96 Å². The highest BCUT2D eigenvalue weighted by Gasteiger charge is 2.47. The molecular formula is C95H135N25O19S. The molecule has 44 nitrogen and oxygen atoms in total. The van der Waals surface area contributed by atoms with E-state index in [2.05, 4.69) is 96.9 Å². The Labute approximate surface area is 815 Å². The fourth-order valence-electron chi connectivity index (χ4n) is 17.2. The number of para-hydroxylation sites is 2. The molecule has 3 aromatic heterocycles. The molecule has 3 saturated heterocycles. The Morgan fingerprint density at radius 2 is 1.13 bits per heavy atom. The first kappa shape index (κ1) is 110. The van der Waals surface area contributed by atoms with Crippen LogP contribution in [0.2, 0.25) is 0 Å². The lowest BCUT2D eigenvalue weighted by Crippen LogP contribution is -2.61. The molecule has 16 amide bonds. The third-order valence-corrected chi connectivity index (χ3v) is 26.0. The minimum atomic E-state index is -1.89. The van der Waals surface area contributed by atoms with Crippen LogP contribution >= 0.6 is 11.8 Å². The number of phenolic OH excluding ortho intramolecular Hbond substituents is 1. The number of nitrogens with two attached hydrogens (primary N) is 3. The Kier molecular flexibility index (Phi) is 41.2. The predicted molar refractivity (Wildman–Crippen MR) is 521 cm³/mol. The van der Waals surface area contributed by atoms with E-state index in [1.807, 2.05) is 13.8 Å². The Hall–Kier alpha value is -14.1. The molecule has 6 heterocycles. The standard InChI is InChI=1S/C95H135N25O19S/c1-11-13-26-75-87(132)109-66(25-19-33-101-95(98)99)83(128)115-74(82(127)105-46-80(125)104-45-79(97)124)49-140-50-81(126)108-71(37-56-29-31-60(122)32-30-56)90(135)116(8)55(7)54(6)107-70(36-53(5)96)92(137)119-34-20-28-76(119)88(133)111-68(40-59-44-100-51-106-59)85(130)112-69(35-52(3)4)93(138)120-47-61(123)41-78(120)89(134)110-67(38-57-42-102-64-23-17-15-21-62(57)64)84(129)114-73(48-121)86(131)113-72(39-58-43-103-65-24-18-16-22-63(58)65)91(136)118(10)77(27-14-12-2)94(139)117(75)9/h15-18,21-24,29-32,42-44,51-52,55,61,66-78,102-103,107,121-123H,5-6,11-14,19-20,25-28,33-41,45-50,96H2,1-4,7-10H3,(H2,97,124)(H,100,106)(H,104,125)(H,105,127)(H,108,126)(H,109,132)(H,110,134)(H,111,133)(H,112,130)(H,113,131)(H,114,129)(H,115,128)(H4,98,99,101)/t55-,61+,66-,67-,68-,69-,70-,71-,72-,73-,74-,75-,76-,77-,78-/m0/s1. The molecule has 0 aliphatic carbocycles. The summed E-state index contributed by atoms with van der Waals surface area (Å²) >= 11 is 0.789. The number of thioether (sulfide) groups is 1. The number of imidazole rings is 1. The van der Waals surface area contributed by atoms with Crippen LogP contribution in [0.3, 0.4) is 0 Å². The third kappa shape index (κ3) is 30.9. The number of carbonyl (C=O) groups excluding carboxylic acids is 16. The van der Waals surface area contributed by atoms with E-state index in [9.17, 15) is 34.5 Å². The number of benzene rings is 3. The van der Waals surface area contributed by atoms with E-state index in [1.165, 1.54) is 67.7 Å². The molecule has 0 bridgehead atoms. The molecule has 9 rings (SSSR count). The molecule has 6 aromatic rings. The Bertz CT molecular complexity index is 5400. The zero-order valence-corrected chi connectivity index (χ0v) is 81.1.